The van der Waals surface area contributed by atoms with Gasteiger partial charge in [0, 0.05) is 0 Å². The number of unbranched alkanes of at least 4 members (excludes halogenated alkanes) is 1. The lowest BCUT2D eigenvalue weighted by Gasteiger charge is -2.25. The van der Waals surface area contributed by atoms with Gasteiger partial charge >= 0.3 is 5.97 Å². The van der Waals surface area contributed by atoms with Crippen molar-refractivity contribution in [3.8, 4) is 5.75 Å². The zero-order valence-corrected chi connectivity index (χ0v) is 24.0. The number of carbonyl (C=O) groups excluding carboxylic acids is 1. The number of fused-ring (bicyclic) bond motifs is 1. The third-order valence-electron chi connectivity index (χ3n) is 6.75. The van der Waals surface area contributed by atoms with Gasteiger partial charge in [-0.3, -0.25) is 9.36 Å². The molecule has 3 aromatic carbocycles. The summed E-state index contributed by atoms with van der Waals surface area (Å²) in [5.41, 5.74) is 3.37. The quantitative estimate of drug-likeness (QED) is 0.180. The van der Waals surface area contributed by atoms with Crippen molar-refractivity contribution < 1.29 is 14.3 Å². The first-order chi connectivity index (χ1) is 20.0. The maximum absolute atomic E-state index is 13.8. The minimum absolute atomic E-state index is 0.127. The van der Waals surface area contributed by atoms with Crippen LogP contribution in [0, 0.1) is 0 Å². The number of aromatic nitrogens is 1. The van der Waals surface area contributed by atoms with Gasteiger partial charge in [0.25, 0.3) is 5.56 Å². The van der Waals surface area contributed by atoms with Gasteiger partial charge < -0.3 is 9.47 Å². The SMILES string of the molecule is CCCCOc1ccc(C2C(C(=O)OCc3ccccc3)=C(C)N=c3sc(=CC=Cc4ccccc4)c(=O)n32)cc1. The molecule has 208 valence electrons. The van der Waals surface area contributed by atoms with Crippen molar-refractivity contribution in [1.82, 2.24) is 4.57 Å². The van der Waals surface area contributed by atoms with Gasteiger partial charge in [0.1, 0.15) is 12.4 Å². The van der Waals surface area contributed by atoms with Crippen molar-refractivity contribution in [3.63, 3.8) is 0 Å². The van der Waals surface area contributed by atoms with Crippen molar-refractivity contribution in [1.29, 1.82) is 0 Å². The molecule has 2 heterocycles. The van der Waals surface area contributed by atoms with Crippen molar-refractivity contribution in [2.45, 2.75) is 39.3 Å². The topological polar surface area (TPSA) is 69.9 Å². The Kier molecular flexibility index (Phi) is 9.06. The summed E-state index contributed by atoms with van der Waals surface area (Å²) >= 11 is 1.31. The van der Waals surface area contributed by atoms with Crippen LogP contribution in [0.1, 0.15) is 49.4 Å². The monoisotopic (exact) mass is 564 g/mol. The molecule has 0 fully saturated rings. The van der Waals surface area contributed by atoms with Crippen LogP contribution in [0.3, 0.4) is 0 Å². The molecule has 0 amide bonds. The van der Waals surface area contributed by atoms with Gasteiger partial charge in [0.15, 0.2) is 4.80 Å². The summed E-state index contributed by atoms with van der Waals surface area (Å²) in [5.74, 6) is 0.246. The largest absolute Gasteiger partial charge is 0.494 e. The second-order valence-corrected chi connectivity index (χ2v) is 10.7. The zero-order chi connectivity index (χ0) is 28.6. The Morgan fingerprint density at radius 1 is 1.00 bits per heavy atom. The highest BCUT2D eigenvalue weighted by Crippen LogP contribution is 2.32. The van der Waals surface area contributed by atoms with Crippen LogP contribution in [0.5, 0.6) is 5.75 Å². The van der Waals surface area contributed by atoms with Crippen LogP contribution < -0.4 is 19.6 Å². The number of thiazole rings is 1. The first kappa shape index (κ1) is 28.1. The summed E-state index contributed by atoms with van der Waals surface area (Å²) in [6, 6.07) is 26.3. The number of hydrogen-bond acceptors (Lipinski definition) is 6. The summed E-state index contributed by atoms with van der Waals surface area (Å²) in [6.45, 7) is 4.67. The smallest absolute Gasteiger partial charge is 0.338 e. The van der Waals surface area contributed by atoms with Gasteiger partial charge in [-0.15, -0.1) is 0 Å². The first-order valence-electron chi connectivity index (χ1n) is 13.7. The van der Waals surface area contributed by atoms with Gasteiger partial charge in [0.2, 0.25) is 0 Å². The molecule has 7 heteroatoms. The van der Waals surface area contributed by atoms with E-state index in [2.05, 4.69) is 11.9 Å². The molecule has 6 nitrogen and oxygen atoms in total. The third kappa shape index (κ3) is 6.64. The normalized spacial score (nSPS) is 15.1. The highest BCUT2D eigenvalue weighted by molar-refractivity contribution is 7.07. The fourth-order valence-corrected chi connectivity index (χ4v) is 5.60. The van der Waals surface area contributed by atoms with Crippen molar-refractivity contribution in [3.05, 3.63) is 139 Å². The van der Waals surface area contributed by atoms with Gasteiger partial charge in [0.05, 0.1) is 28.5 Å². The Bertz CT molecular complexity index is 1730. The van der Waals surface area contributed by atoms with Crippen molar-refractivity contribution in [2.75, 3.05) is 6.61 Å². The van der Waals surface area contributed by atoms with E-state index in [0.717, 1.165) is 35.3 Å². The average Bonchev–Trinajstić information content (AvgIpc) is 3.31. The lowest BCUT2D eigenvalue weighted by molar-refractivity contribution is -0.140. The summed E-state index contributed by atoms with van der Waals surface area (Å²) in [7, 11) is 0. The Hall–Kier alpha value is -4.49. The molecule has 1 aliphatic rings. The fourth-order valence-electron chi connectivity index (χ4n) is 4.60. The molecule has 0 aliphatic carbocycles. The highest BCUT2D eigenvalue weighted by Gasteiger charge is 2.33. The number of allylic oxidation sites excluding steroid dienone is 2. The summed E-state index contributed by atoms with van der Waals surface area (Å²) in [5, 5.41) is 0. The van der Waals surface area contributed by atoms with E-state index >= 15 is 0 Å². The van der Waals surface area contributed by atoms with Crippen LogP contribution in [0.2, 0.25) is 0 Å². The fraction of sp³-hybridized carbons (Fsp3) is 0.206. The molecule has 5 rings (SSSR count). The molecule has 4 aromatic rings. The summed E-state index contributed by atoms with van der Waals surface area (Å²) in [4.78, 5) is 32.6. The van der Waals surface area contributed by atoms with E-state index in [-0.39, 0.29) is 12.2 Å². The van der Waals surface area contributed by atoms with Crippen LogP contribution >= 0.6 is 11.3 Å². The number of benzene rings is 3. The van der Waals surface area contributed by atoms with Crippen LogP contribution in [0.15, 0.2) is 112 Å². The molecule has 1 aliphatic heterocycles. The lowest BCUT2D eigenvalue weighted by Crippen LogP contribution is -2.39. The molecule has 0 N–H and O–H groups in total. The Morgan fingerprint density at radius 3 is 2.41 bits per heavy atom. The molecule has 1 unspecified atom stereocenters. The third-order valence-corrected chi connectivity index (χ3v) is 7.75. The lowest BCUT2D eigenvalue weighted by atomic mass is 9.96. The predicted molar refractivity (Wildman–Crippen MR) is 163 cm³/mol. The highest BCUT2D eigenvalue weighted by atomic mass is 32.1. The standard InChI is InChI=1S/C34H32N2O4S/c1-3-4-22-39-28-20-18-27(19-21-28)31-30(33(38)40-23-26-14-9-6-10-15-26)24(2)35-34-36(31)32(37)29(41-34)17-11-16-25-12-7-5-8-13-25/h5-21,31H,3-4,22-23H2,1-2H3. The number of carbonyl (C=O) groups is 1. The van der Waals surface area contributed by atoms with Gasteiger partial charge in [-0.2, -0.15) is 0 Å². The second kappa shape index (κ2) is 13.2. The van der Waals surface area contributed by atoms with E-state index in [1.165, 1.54) is 11.3 Å². The Balaban J connectivity index is 1.52. The summed E-state index contributed by atoms with van der Waals surface area (Å²) < 4.78 is 13.7. The number of rotatable bonds is 10. The molecule has 0 spiro atoms. The molecular formula is C34H32N2O4S. The molecule has 0 bridgehead atoms. The van der Waals surface area contributed by atoms with E-state index in [0.29, 0.717) is 27.2 Å². The van der Waals surface area contributed by atoms with E-state index < -0.39 is 12.0 Å². The molecule has 0 saturated heterocycles. The van der Waals surface area contributed by atoms with Crippen LogP contribution in [-0.4, -0.2) is 17.1 Å². The van der Waals surface area contributed by atoms with Gasteiger partial charge in [-0.25, -0.2) is 9.79 Å². The number of nitrogens with zero attached hydrogens (tertiary/aromatic N) is 2. The second-order valence-electron chi connectivity index (χ2n) is 9.71. The predicted octanol–water partition coefficient (Wildman–Crippen LogP) is 5.82. The molecule has 1 atom stereocenters. The number of hydrogen-bond donors (Lipinski definition) is 0. The van der Waals surface area contributed by atoms with Crippen molar-refractivity contribution in [2.24, 2.45) is 4.99 Å². The zero-order valence-electron chi connectivity index (χ0n) is 23.2. The van der Waals surface area contributed by atoms with E-state index in [4.69, 9.17) is 9.47 Å². The van der Waals surface area contributed by atoms with Crippen LogP contribution in [0.4, 0.5) is 0 Å². The molecule has 0 saturated carbocycles. The number of esters is 1. The van der Waals surface area contributed by atoms with E-state index in [1.807, 2.05) is 97.1 Å². The minimum Gasteiger partial charge on any atom is -0.494 e. The van der Waals surface area contributed by atoms with E-state index in [9.17, 15) is 9.59 Å². The first-order valence-corrected chi connectivity index (χ1v) is 14.5. The summed E-state index contributed by atoms with van der Waals surface area (Å²) in [6.07, 6.45) is 7.63. The molecule has 1 aromatic heterocycles. The van der Waals surface area contributed by atoms with Crippen LogP contribution in [0.25, 0.3) is 12.2 Å². The Labute approximate surface area is 243 Å². The maximum Gasteiger partial charge on any atom is 0.338 e. The number of ether oxygens (including phenoxy) is 2. The molecule has 41 heavy (non-hydrogen) atoms. The van der Waals surface area contributed by atoms with Gasteiger partial charge in [-0.05, 0) is 48.2 Å². The van der Waals surface area contributed by atoms with Crippen LogP contribution in [-0.2, 0) is 16.1 Å². The van der Waals surface area contributed by atoms with Gasteiger partial charge in [-0.1, -0.05) is 110 Å². The molecule has 0 radical (unpaired) electrons. The molecular weight excluding hydrogens is 532 g/mol. The van der Waals surface area contributed by atoms with Crippen molar-refractivity contribution >= 4 is 29.5 Å². The van der Waals surface area contributed by atoms with E-state index in [1.54, 1.807) is 17.6 Å². The Morgan fingerprint density at radius 2 is 1.71 bits per heavy atom. The maximum atomic E-state index is 13.8. The average molecular weight is 565 g/mol. The minimum atomic E-state index is -0.681.